The second-order valence-corrected chi connectivity index (χ2v) is 7.89. The maximum atomic E-state index is 12.4. The highest BCUT2D eigenvalue weighted by atomic mass is 32.2. The topological polar surface area (TPSA) is 83.1 Å². The summed E-state index contributed by atoms with van der Waals surface area (Å²) in [7, 11) is -3.57. The van der Waals surface area contributed by atoms with Crippen molar-refractivity contribution in [3.05, 3.63) is 18.2 Å². The van der Waals surface area contributed by atoms with Crippen LogP contribution in [-0.4, -0.2) is 54.1 Å². The van der Waals surface area contributed by atoms with Gasteiger partial charge in [0.15, 0.2) is 11.5 Å². The van der Waals surface area contributed by atoms with Crippen LogP contribution in [0.3, 0.4) is 0 Å². The molecule has 1 aromatic carbocycles. The predicted molar refractivity (Wildman–Crippen MR) is 91.6 cm³/mol. The first-order valence-electron chi connectivity index (χ1n) is 8.74. The summed E-state index contributed by atoms with van der Waals surface area (Å²) in [4.78, 5) is 0.178. The summed E-state index contributed by atoms with van der Waals surface area (Å²) >= 11 is 0. The Balaban J connectivity index is 1.44. The fourth-order valence-electron chi connectivity index (χ4n) is 2.77. The highest BCUT2D eigenvalue weighted by Crippen LogP contribution is 2.31. The van der Waals surface area contributed by atoms with Gasteiger partial charge in [0, 0.05) is 32.2 Å². The molecule has 0 aliphatic carbocycles. The summed E-state index contributed by atoms with van der Waals surface area (Å²) < 4.78 is 49.4. The lowest BCUT2D eigenvalue weighted by atomic mass is 10.2. The molecule has 0 saturated carbocycles. The van der Waals surface area contributed by atoms with Crippen LogP contribution in [0, 0.1) is 0 Å². The van der Waals surface area contributed by atoms with Gasteiger partial charge in [-0.3, -0.25) is 0 Å². The number of fused-ring (bicyclic) bond motifs is 1. The Kier molecular flexibility index (Phi) is 6.52. The van der Waals surface area contributed by atoms with Gasteiger partial charge in [0.2, 0.25) is 10.0 Å². The van der Waals surface area contributed by atoms with Gasteiger partial charge < -0.3 is 18.9 Å². The molecule has 1 saturated heterocycles. The van der Waals surface area contributed by atoms with Crippen LogP contribution in [0.5, 0.6) is 11.5 Å². The van der Waals surface area contributed by atoms with E-state index in [4.69, 9.17) is 18.9 Å². The Morgan fingerprint density at radius 1 is 1.12 bits per heavy atom. The third-order valence-corrected chi connectivity index (χ3v) is 5.57. The summed E-state index contributed by atoms with van der Waals surface area (Å²) in [5, 5.41) is 0. The van der Waals surface area contributed by atoms with E-state index in [0.717, 1.165) is 25.9 Å². The minimum absolute atomic E-state index is 0.178. The van der Waals surface area contributed by atoms with Gasteiger partial charge in [-0.15, -0.1) is 0 Å². The molecule has 2 aliphatic heterocycles. The number of sulfonamides is 1. The molecule has 8 heteroatoms. The van der Waals surface area contributed by atoms with Gasteiger partial charge in [-0.25, -0.2) is 13.1 Å². The van der Waals surface area contributed by atoms with Crippen LogP contribution in [-0.2, 0) is 19.5 Å². The zero-order valence-electron chi connectivity index (χ0n) is 14.2. The zero-order valence-corrected chi connectivity index (χ0v) is 15.1. The van der Waals surface area contributed by atoms with E-state index in [-0.39, 0.29) is 11.0 Å². The molecule has 1 N–H and O–H groups in total. The first-order valence-corrected chi connectivity index (χ1v) is 10.2. The Morgan fingerprint density at radius 3 is 2.76 bits per heavy atom. The van der Waals surface area contributed by atoms with Crippen LogP contribution in [0.1, 0.15) is 25.7 Å². The second-order valence-electron chi connectivity index (χ2n) is 6.12. The number of ether oxygens (including phenoxy) is 4. The van der Waals surface area contributed by atoms with Gasteiger partial charge in [0.25, 0.3) is 0 Å². The molecule has 0 spiro atoms. The first-order chi connectivity index (χ1) is 12.1. The molecule has 0 bridgehead atoms. The average molecular weight is 371 g/mol. The normalized spacial score (nSPS) is 20.4. The third kappa shape index (κ3) is 5.31. The summed E-state index contributed by atoms with van der Waals surface area (Å²) in [6.45, 7) is 3.30. The Hall–Kier alpha value is -1.35. The van der Waals surface area contributed by atoms with Crippen LogP contribution < -0.4 is 14.2 Å². The summed E-state index contributed by atoms with van der Waals surface area (Å²) in [5.74, 6) is 1.05. The van der Waals surface area contributed by atoms with Crippen molar-refractivity contribution in [3.63, 3.8) is 0 Å². The predicted octanol–water partition coefficient (Wildman–Crippen LogP) is 1.71. The van der Waals surface area contributed by atoms with E-state index in [0.29, 0.717) is 50.9 Å². The fourth-order valence-corrected chi connectivity index (χ4v) is 3.85. The maximum Gasteiger partial charge on any atom is 0.240 e. The Bertz CT molecular complexity index is 657. The molecule has 1 fully saturated rings. The lowest BCUT2D eigenvalue weighted by molar-refractivity contribution is 0.0169. The van der Waals surface area contributed by atoms with E-state index in [9.17, 15) is 8.42 Å². The summed E-state index contributed by atoms with van der Waals surface area (Å²) in [6.07, 6.45) is 3.70. The number of rotatable bonds is 8. The van der Waals surface area contributed by atoms with Crippen LogP contribution in [0.15, 0.2) is 23.1 Å². The average Bonchev–Trinajstić information content (AvgIpc) is 3.01. The van der Waals surface area contributed by atoms with Gasteiger partial charge in [-0.05, 0) is 31.4 Å². The Labute approximate surface area is 148 Å². The lowest BCUT2D eigenvalue weighted by Gasteiger charge is -2.12. The molecule has 3 rings (SSSR count). The van der Waals surface area contributed by atoms with Gasteiger partial charge in [0.05, 0.1) is 30.8 Å². The molecule has 2 aliphatic rings. The first kappa shape index (κ1) is 18.4. The van der Waals surface area contributed by atoms with Crippen molar-refractivity contribution in [2.24, 2.45) is 0 Å². The van der Waals surface area contributed by atoms with E-state index in [1.54, 1.807) is 6.07 Å². The van der Waals surface area contributed by atoms with E-state index >= 15 is 0 Å². The second kappa shape index (κ2) is 8.84. The zero-order chi connectivity index (χ0) is 17.5. The van der Waals surface area contributed by atoms with Crippen molar-refractivity contribution >= 4 is 10.0 Å². The van der Waals surface area contributed by atoms with Gasteiger partial charge in [0.1, 0.15) is 0 Å². The van der Waals surface area contributed by atoms with E-state index in [1.165, 1.54) is 12.1 Å². The molecule has 0 aromatic heterocycles. The van der Waals surface area contributed by atoms with Crippen LogP contribution in [0.25, 0.3) is 0 Å². The van der Waals surface area contributed by atoms with Crippen molar-refractivity contribution in [1.82, 2.24) is 4.72 Å². The summed E-state index contributed by atoms with van der Waals surface area (Å²) in [5.41, 5.74) is 0. The standard InChI is InChI=1S/C17H25NO6S/c19-25(20,18-7-2-8-21-13-14-4-1-9-22-14)15-5-6-16-17(12-15)24-11-3-10-23-16/h5-6,12,14,18H,1-4,7-11,13H2/t14-/m1/s1. The molecule has 0 unspecified atom stereocenters. The molecule has 7 nitrogen and oxygen atoms in total. The number of nitrogens with one attached hydrogen (secondary N) is 1. The SMILES string of the molecule is O=S(=O)(NCCCOC[C@H]1CCCO1)c1ccc2c(c1)OCCCO2. The molecule has 25 heavy (non-hydrogen) atoms. The Morgan fingerprint density at radius 2 is 1.96 bits per heavy atom. The molecule has 140 valence electrons. The molecule has 1 aromatic rings. The van der Waals surface area contributed by atoms with E-state index in [1.807, 2.05) is 0 Å². The highest BCUT2D eigenvalue weighted by molar-refractivity contribution is 7.89. The van der Waals surface area contributed by atoms with Crippen molar-refractivity contribution in [2.45, 2.75) is 36.7 Å². The van der Waals surface area contributed by atoms with Crippen molar-refractivity contribution in [2.75, 3.05) is 39.6 Å². The van der Waals surface area contributed by atoms with Crippen LogP contribution in [0.2, 0.25) is 0 Å². The fraction of sp³-hybridized carbons (Fsp3) is 0.647. The monoisotopic (exact) mass is 371 g/mol. The van der Waals surface area contributed by atoms with E-state index < -0.39 is 10.0 Å². The smallest absolute Gasteiger partial charge is 0.240 e. The number of hydrogen-bond donors (Lipinski definition) is 1. The molecule has 0 radical (unpaired) electrons. The quantitative estimate of drug-likeness (QED) is 0.701. The van der Waals surface area contributed by atoms with Crippen molar-refractivity contribution in [3.8, 4) is 11.5 Å². The molecule has 1 atom stereocenters. The van der Waals surface area contributed by atoms with Gasteiger partial charge in [-0.1, -0.05) is 0 Å². The third-order valence-electron chi connectivity index (χ3n) is 4.11. The van der Waals surface area contributed by atoms with Crippen molar-refractivity contribution < 1.29 is 27.4 Å². The molecular weight excluding hydrogens is 346 g/mol. The largest absolute Gasteiger partial charge is 0.490 e. The lowest BCUT2D eigenvalue weighted by Crippen LogP contribution is -2.26. The van der Waals surface area contributed by atoms with Gasteiger partial charge >= 0.3 is 0 Å². The molecule has 2 heterocycles. The summed E-state index contributed by atoms with van der Waals surface area (Å²) in [6, 6.07) is 4.68. The maximum absolute atomic E-state index is 12.4. The van der Waals surface area contributed by atoms with Crippen LogP contribution >= 0.6 is 0 Å². The van der Waals surface area contributed by atoms with Crippen molar-refractivity contribution in [1.29, 1.82) is 0 Å². The van der Waals surface area contributed by atoms with Crippen LogP contribution in [0.4, 0.5) is 0 Å². The minimum Gasteiger partial charge on any atom is -0.490 e. The molecule has 0 amide bonds. The minimum atomic E-state index is -3.57. The van der Waals surface area contributed by atoms with E-state index in [2.05, 4.69) is 4.72 Å². The number of hydrogen-bond acceptors (Lipinski definition) is 6. The van der Waals surface area contributed by atoms with Gasteiger partial charge in [-0.2, -0.15) is 0 Å². The molecular formula is C17H25NO6S. The highest BCUT2D eigenvalue weighted by Gasteiger charge is 2.18. The number of benzene rings is 1.